The summed E-state index contributed by atoms with van der Waals surface area (Å²) in [5.41, 5.74) is 0.174. The van der Waals surface area contributed by atoms with Gasteiger partial charge in [0.15, 0.2) is 17.9 Å². The van der Waals surface area contributed by atoms with Gasteiger partial charge in [0.05, 0.1) is 12.5 Å². The molecule has 0 bridgehead atoms. The molecule has 2 aliphatic carbocycles. The summed E-state index contributed by atoms with van der Waals surface area (Å²) in [5, 5.41) is 0. The molecule has 0 N–H and O–H groups in total. The Labute approximate surface area is 231 Å². The lowest BCUT2D eigenvalue weighted by atomic mass is 9.79. The van der Waals surface area contributed by atoms with Gasteiger partial charge < -0.3 is 9.47 Å². The second kappa shape index (κ2) is 13.4. The van der Waals surface area contributed by atoms with E-state index in [0.717, 1.165) is 30.9 Å². The fraction of sp³-hybridized carbons (Fsp3) is 0.733. The Morgan fingerprint density at radius 2 is 1.40 bits per heavy atom. The Hall–Kier alpha value is -1.81. The smallest absolute Gasteiger partial charge is 0.399 e. The Kier molecular flexibility index (Phi) is 10.5. The third-order valence-electron chi connectivity index (χ3n) is 8.70. The first-order valence-corrected chi connectivity index (χ1v) is 14.5. The summed E-state index contributed by atoms with van der Waals surface area (Å²) >= 11 is 0. The highest BCUT2D eigenvalue weighted by Crippen LogP contribution is 2.42. The molecule has 0 aromatic heterocycles. The highest BCUT2D eigenvalue weighted by molar-refractivity contribution is 5.31. The number of allylic oxidation sites excluding steroid dienone is 2. The number of aryl methyl sites for hydroxylation is 1. The zero-order chi connectivity index (χ0) is 28.9. The molecule has 4 rings (SSSR count). The molecule has 3 nitrogen and oxygen atoms in total. The maximum atomic E-state index is 14.9. The summed E-state index contributed by atoms with van der Waals surface area (Å²) in [4.78, 5) is 0. The SMILES string of the molecule is CC1CCC(/C=C/C2CCC(C(F)(F)OC3CCC(CCc4cc(F)c(OC(F)(F)F)c(F)c4)CO3)CC2)CC1. The standard InChI is InChI=1S/C30H39F7O3/c1-19-2-4-20(5-3-19)6-7-21-10-13-24(14-11-21)29(33,34)39-27-15-12-22(18-38-27)8-9-23-16-25(31)28(26(32)17-23)40-30(35,36)37/h6-7,16-17,19-22,24,27H,2-5,8-15,18H2,1H3/b7-6+. The molecule has 3 fully saturated rings. The maximum absolute atomic E-state index is 14.9. The summed E-state index contributed by atoms with van der Waals surface area (Å²) in [6.45, 7) is 2.44. The Morgan fingerprint density at radius 3 is 1.93 bits per heavy atom. The molecule has 2 saturated carbocycles. The van der Waals surface area contributed by atoms with Crippen molar-refractivity contribution in [1.29, 1.82) is 0 Å². The molecule has 1 aromatic carbocycles. The molecule has 0 radical (unpaired) electrons. The van der Waals surface area contributed by atoms with Crippen molar-refractivity contribution >= 4 is 0 Å². The van der Waals surface area contributed by atoms with Crippen LogP contribution in [0.1, 0.15) is 83.1 Å². The Balaban J connectivity index is 1.17. The van der Waals surface area contributed by atoms with Gasteiger partial charge in [0.25, 0.3) is 0 Å². The number of benzene rings is 1. The van der Waals surface area contributed by atoms with E-state index in [1.807, 2.05) is 0 Å². The van der Waals surface area contributed by atoms with E-state index in [2.05, 4.69) is 23.8 Å². The van der Waals surface area contributed by atoms with Crippen molar-refractivity contribution in [2.75, 3.05) is 6.61 Å². The minimum atomic E-state index is -5.21. The molecule has 3 aliphatic rings. The third kappa shape index (κ3) is 9.10. The molecule has 0 amide bonds. The molecular weight excluding hydrogens is 541 g/mol. The van der Waals surface area contributed by atoms with Gasteiger partial charge in [0.2, 0.25) is 5.75 Å². The molecule has 1 heterocycles. The average molecular weight is 581 g/mol. The predicted octanol–water partition coefficient (Wildman–Crippen LogP) is 9.35. The number of rotatable bonds is 9. The summed E-state index contributed by atoms with van der Waals surface area (Å²) < 4.78 is 109. The highest BCUT2D eigenvalue weighted by atomic mass is 19.4. The monoisotopic (exact) mass is 580 g/mol. The molecule has 226 valence electrons. The number of halogens is 7. The second-order valence-electron chi connectivity index (χ2n) is 11.9. The van der Waals surface area contributed by atoms with E-state index in [4.69, 9.17) is 9.47 Å². The number of hydrogen-bond acceptors (Lipinski definition) is 3. The molecular formula is C30H39F7O3. The normalized spacial score (nSPS) is 30.5. The van der Waals surface area contributed by atoms with Gasteiger partial charge in [-0.3, -0.25) is 4.74 Å². The molecule has 2 atom stereocenters. The molecule has 2 unspecified atom stereocenters. The van der Waals surface area contributed by atoms with Crippen LogP contribution < -0.4 is 4.74 Å². The zero-order valence-corrected chi connectivity index (χ0v) is 22.8. The lowest BCUT2D eigenvalue weighted by molar-refractivity contribution is -0.349. The van der Waals surface area contributed by atoms with Crippen LogP contribution >= 0.6 is 0 Å². The summed E-state index contributed by atoms with van der Waals surface area (Å²) in [5.74, 6) is -3.51. The number of ether oxygens (including phenoxy) is 3. The van der Waals surface area contributed by atoms with Gasteiger partial charge in [-0.1, -0.05) is 31.9 Å². The van der Waals surface area contributed by atoms with E-state index < -0.39 is 42.1 Å². The lowest BCUT2D eigenvalue weighted by Crippen LogP contribution is -2.40. The van der Waals surface area contributed by atoms with Crippen LogP contribution in [0.25, 0.3) is 0 Å². The number of hydrogen-bond donors (Lipinski definition) is 0. The van der Waals surface area contributed by atoms with Crippen LogP contribution in [0.15, 0.2) is 24.3 Å². The number of alkyl halides is 5. The van der Waals surface area contributed by atoms with Crippen molar-refractivity contribution in [3.8, 4) is 5.75 Å². The summed E-state index contributed by atoms with van der Waals surface area (Å²) in [7, 11) is 0. The van der Waals surface area contributed by atoms with Crippen molar-refractivity contribution in [2.24, 2.45) is 29.6 Å². The summed E-state index contributed by atoms with van der Waals surface area (Å²) in [6, 6.07) is 1.61. The van der Waals surface area contributed by atoms with Gasteiger partial charge in [-0.25, -0.2) is 8.78 Å². The van der Waals surface area contributed by atoms with Crippen molar-refractivity contribution in [1.82, 2.24) is 0 Å². The highest BCUT2D eigenvalue weighted by Gasteiger charge is 2.45. The summed E-state index contributed by atoms with van der Waals surface area (Å²) in [6.07, 6.45) is 3.65. The first-order valence-electron chi connectivity index (χ1n) is 14.5. The van der Waals surface area contributed by atoms with Crippen LogP contribution in [0.3, 0.4) is 0 Å². The van der Waals surface area contributed by atoms with E-state index in [1.54, 1.807) is 0 Å². The van der Waals surface area contributed by atoms with Gasteiger partial charge >= 0.3 is 12.5 Å². The predicted molar refractivity (Wildman–Crippen MR) is 136 cm³/mol. The Bertz CT molecular complexity index is 949. The van der Waals surface area contributed by atoms with Crippen molar-refractivity contribution in [3.05, 3.63) is 41.5 Å². The van der Waals surface area contributed by atoms with E-state index in [9.17, 15) is 30.7 Å². The largest absolute Gasteiger partial charge is 0.573 e. The van der Waals surface area contributed by atoms with Crippen LogP contribution in [0.2, 0.25) is 0 Å². The van der Waals surface area contributed by atoms with Crippen molar-refractivity contribution in [3.63, 3.8) is 0 Å². The van der Waals surface area contributed by atoms with E-state index in [1.165, 1.54) is 25.7 Å². The van der Waals surface area contributed by atoms with Crippen LogP contribution in [0.4, 0.5) is 30.7 Å². The van der Waals surface area contributed by atoms with Gasteiger partial charge in [0, 0.05) is 0 Å². The minimum Gasteiger partial charge on any atom is -0.399 e. The van der Waals surface area contributed by atoms with E-state index >= 15 is 0 Å². The molecule has 0 spiro atoms. The Morgan fingerprint density at radius 1 is 0.825 bits per heavy atom. The topological polar surface area (TPSA) is 27.7 Å². The first-order chi connectivity index (χ1) is 18.9. The van der Waals surface area contributed by atoms with Crippen LogP contribution in [-0.4, -0.2) is 25.4 Å². The molecule has 10 heteroatoms. The van der Waals surface area contributed by atoms with E-state index in [-0.39, 0.29) is 30.9 Å². The fourth-order valence-corrected chi connectivity index (χ4v) is 6.15. The molecule has 1 aliphatic heterocycles. The lowest BCUT2D eigenvalue weighted by Gasteiger charge is -2.36. The second-order valence-corrected chi connectivity index (χ2v) is 11.9. The van der Waals surface area contributed by atoms with Gasteiger partial charge in [-0.15, -0.1) is 13.2 Å². The molecule has 1 aromatic rings. The first kappa shape index (κ1) is 31.1. The quantitative estimate of drug-likeness (QED) is 0.215. The molecule has 40 heavy (non-hydrogen) atoms. The minimum absolute atomic E-state index is 0.0553. The fourth-order valence-electron chi connectivity index (χ4n) is 6.15. The third-order valence-corrected chi connectivity index (χ3v) is 8.70. The van der Waals surface area contributed by atoms with Crippen LogP contribution in [-0.2, 0) is 15.9 Å². The van der Waals surface area contributed by atoms with Gasteiger partial charge in [-0.2, -0.15) is 8.78 Å². The van der Waals surface area contributed by atoms with Crippen LogP contribution in [0.5, 0.6) is 5.75 Å². The van der Waals surface area contributed by atoms with Crippen LogP contribution in [0, 0.1) is 41.2 Å². The van der Waals surface area contributed by atoms with Gasteiger partial charge in [-0.05, 0) is 106 Å². The average Bonchev–Trinajstić information content (AvgIpc) is 2.89. The zero-order valence-electron chi connectivity index (χ0n) is 22.8. The van der Waals surface area contributed by atoms with Gasteiger partial charge in [0.1, 0.15) is 0 Å². The van der Waals surface area contributed by atoms with Crippen molar-refractivity contribution in [2.45, 2.75) is 103 Å². The molecule has 1 saturated heterocycles. The maximum Gasteiger partial charge on any atom is 0.573 e. The van der Waals surface area contributed by atoms with E-state index in [0.29, 0.717) is 37.5 Å². The van der Waals surface area contributed by atoms with Crippen molar-refractivity contribution < 1.29 is 44.9 Å².